The van der Waals surface area contributed by atoms with Crippen LogP contribution in [0.3, 0.4) is 0 Å². The third-order valence-electron chi connectivity index (χ3n) is 2.73. The fraction of sp³-hybridized carbons (Fsp3) is 0.0625. The summed E-state index contributed by atoms with van der Waals surface area (Å²) >= 11 is 0. The second-order valence-electron chi connectivity index (χ2n) is 4.30. The van der Waals surface area contributed by atoms with Gasteiger partial charge in [0.05, 0.1) is 11.5 Å². The summed E-state index contributed by atoms with van der Waals surface area (Å²) in [7, 11) is 0. The Morgan fingerprint density at radius 2 is 1.95 bits per heavy atom. The molecule has 0 fully saturated rings. The highest BCUT2D eigenvalue weighted by Crippen LogP contribution is 2.12. The lowest BCUT2D eigenvalue weighted by molar-refractivity contribution is -0.384. The van der Waals surface area contributed by atoms with E-state index in [2.05, 4.69) is 17.2 Å². The van der Waals surface area contributed by atoms with Gasteiger partial charge in [-0.2, -0.15) is 0 Å². The normalized spacial score (nSPS) is 9.50. The van der Waals surface area contributed by atoms with Crippen LogP contribution in [0.4, 0.5) is 10.1 Å². The molecule has 0 spiro atoms. The molecule has 0 bridgehead atoms. The van der Waals surface area contributed by atoms with Crippen molar-refractivity contribution in [2.75, 3.05) is 6.54 Å². The number of nitrogens with zero attached hydrogens (tertiary/aromatic N) is 1. The molecular weight excluding hydrogens is 287 g/mol. The molecule has 0 aliphatic heterocycles. The van der Waals surface area contributed by atoms with Crippen LogP contribution in [0.5, 0.6) is 0 Å². The molecule has 0 aromatic heterocycles. The molecule has 0 aliphatic rings. The van der Waals surface area contributed by atoms with Gasteiger partial charge in [0, 0.05) is 23.3 Å². The number of carbonyl (C=O) groups excluding carboxylic acids is 1. The van der Waals surface area contributed by atoms with E-state index >= 15 is 0 Å². The van der Waals surface area contributed by atoms with Crippen LogP contribution in [0.15, 0.2) is 48.5 Å². The Hall–Kier alpha value is -3.20. The molecule has 6 heteroatoms. The molecule has 0 radical (unpaired) electrons. The maximum atomic E-state index is 12.7. The third kappa shape index (κ3) is 4.15. The van der Waals surface area contributed by atoms with Gasteiger partial charge in [0.25, 0.3) is 11.6 Å². The Bertz CT molecular complexity index is 761. The van der Waals surface area contributed by atoms with Crippen molar-refractivity contribution in [3.05, 3.63) is 75.6 Å². The number of non-ortho nitro benzene ring substituents is 1. The first-order valence-electron chi connectivity index (χ1n) is 6.33. The summed E-state index contributed by atoms with van der Waals surface area (Å²) in [6.45, 7) is 0.0822. The highest BCUT2D eigenvalue weighted by molar-refractivity contribution is 5.94. The molecule has 0 aliphatic carbocycles. The van der Waals surface area contributed by atoms with Crippen LogP contribution in [0, 0.1) is 27.8 Å². The van der Waals surface area contributed by atoms with Crippen molar-refractivity contribution in [2.24, 2.45) is 0 Å². The van der Waals surface area contributed by atoms with Crippen LogP contribution >= 0.6 is 0 Å². The summed E-state index contributed by atoms with van der Waals surface area (Å²) < 4.78 is 12.7. The molecule has 110 valence electrons. The first-order valence-corrected chi connectivity index (χ1v) is 6.33. The fourth-order valence-electron chi connectivity index (χ4n) is 1.67. The fourth-order valence-corrected chi connectivity index (χ4v) is 1.67. The summed E-state index contributed by atoms with van der Waals surface area (Å²) in [4.78, 5) is 21.9. The first-order chi connectivity index (χ1) is 10.6. The van der Waals surface area contributed by atoms with Crippen molar-refractivity contribution < 1.29 is 14.1 Å². The quantitative estimate of drug-likeness (QED) is 0.537. The highest BCUT2D eigenvalue weighted by Gasteiger charge is 2.10. The number of halogens is 1. The zero-order valence-corrected chi connectivity index (χ0v) is 11.4. The number of benzene rings is 2. The van der Waals surface area contributed by atoms with E-state index in [0.29, 0.717) is 5.56 Å². The van der Waals surface area contributed by atoms with E-state index in [9.17, 15) is 19.3 Å². The van der Waals surface area contributed by atoms with Gasteiger partial charge in [-0.15, -0.1) is 0 Å². The van der Waals surface area contributed by atoms with Crippen LogP contribution in [0.2, 0.25) is 0 Å². The van der Waals surface area contributed by atoms with E-state index in [-0.39, 0.29) is 23.6 Å². The Morgan fingerprint density at radius 1 is 1.23 bits per heavy atom. The number of rotatable bonds is 3. The van der Waals surface area contributed by atoms with Crippen LogP contribution in [0.1, 0.15) is 15.9 Å². The second-order valence-corrected chi connectivity index (χ2v) is 4.30. The number of nitro groups is 1. The molecule has 1 N–H and O–H groups in total. The van der Waals surface area contributed by atoms with E-state index in [4.69, 9.17) is 0 Å². The zero-order chi connectivity index (χ0) is 15.9. The van der Waals surface area contributed by atoms with Crippen molar-refractivity contribution in [3.63, 3.8) is 0 Å². The Kier molecular flexibility index (Phi) is 4.83. The second kappa shape index (κ2) is 6.99. The lowest BCUT2D eigenvalue weighted by Crippen LogP contribution is -2.23. The smallest absolute Gasteiger partial charge is 0.270 e. The van der Waals surface area contributed by atoms with Gasteiger partial charge in [-0.3, -0.25) is 14.9 Å². The molecule has 0 saturated heterocycles. The van der Waals surface area contributed by atoms with E-state index < -0.39 is 10.8 Å². The summed E-state index contributed by atoms with van der Waals surface area (Å²) in [6.07, 6.45) is 0. The average Bonchev–Trinajstić information content (AvgIpc) is 2.53. The molecule has 1 amide bonds. The Balaban J connectivity index is 1.95. The Labute approximate surface area is 125 Å². The monoisotopic (exact) mass is 298 g/mol. The molecule has 0 heterocycles. The van der Waals surface area contributed by atoms with Gasteiger partial charge < -0.3 is 5.32 Å². The standard InChI is InChI=1S/C16H11FN2O3/c17-14-8-6-12(7-9-14)3-2-10-18-16(20)13-4-1-5-15(11-13)19(21)22/h1,4-9,11H,10H2,(H,18,20). The van der Waals surface area contributed by atoms with Crippen molar-refractivity contribution in [1.82, 2.24) is 5.32 Å². The van der Waals surface area contributed by atoms with Gasteiger partial charge in [0.15, 0.2) is 0 Å². The van der Waals surface area contributed by atoms with E-state index in [1.54, 1.807) is 0 Å². The van der Waals surface area contributed by atoms with Gasteiger partial charge in [-0.05, 0) is 30.3 Å². The number of amides is 1. The lowest BCUT2D eigenvalue weighted by atomic mass is 10.2. The van der Waals surface area contributed by atoms with Crippen molar-refractivity contribution in [3.8, 4) is 11.8 Å². The first kappa shape index (κ1) is 15.2. The minimum absolute atomic E-state index is 0.0822. The van der Waals surface area contributed by atoms with Crippen molar-refractivity contribution in [2.45, 2.75) is 0 Å². The van der Waals surface area contributed by atoms with Gasteiger partial charge in [-0.25, -0.2) is 4.39 Å². The molecule has 22 heavy (non-hydrogen) atoms. The molecule has 2 aromatic carbocycles. The SMILES string of the molecule is O=C(NCC#Cc1ccc(F)cc1)c1cccc([N+](=O)[O-])c1. The summed E-state index contributed by atoms with van der Waals surface area (Å²) in [5.41, 5.74) is 0.675. The van der Waals surface area contributed by atoms with Gasteiger partial charge in [-0.1, -0.05) is 17.9 Å². The van der Waals surface area contributed by atoms with Gasteiger partial charge in [0.2, 0.25) is 0 Å². The molecule has 5 nitrogen and oxygen atoms in total. The minimum Gasteiger partial charge on any atom is -0.341 e. The molecule has 2 aromatic rings. The maximum Gasteiger partial charge on any atom is 0.270 e. The van der Waals surface area contributed by atoms with Crippen LogP contribution in [-0.4, -0.2) is 17.4 Å². The van der Waals surface area contributed by atoms with E-state index in [1.807, 2.05) is 0 Å². The Morgan fingerprint density at radius 3 is 2.64 bits per heavy atom. The molecule has 2 rings (SSSR count). The van der Waals surface area contributed by atoms with Gasteiger partial charge in [0.1, 0.15) is 5.82 Å². The molecule has 0 saturated carbocycles. The average molecular weight is 298 g/mol. The van der Waals surface area contributed by atoms with Crippen molar-refractivity contribution >= 4 is 11.6 Å². The summed E-state index contributed by atoms with van der Waals surface area (Å²) in [5, 5.41) is 13.2. The number of hydrogen-bond acceptors (Lipinski definition) is 3. The number of hydrogen-bond donors (Lipinski definition) is 1. The topological polar surface area (TPSA) is 72.2 Å². The molecular formula is C16H11FN2O3. The predicted molar refractivity (Wildman–Crippen MR) is 78.7 cm³/mol. The molecule has 0 atom stereocenters. The van der Waals surface area contributed by atoms with Crippen molar-refractivity contribution in [1.29, 1.82) is 0 Å². The highest BCUT2D eigenvalue weighted by atomic mass is 19.1. The third-order valence-corrected chi connectivity index (χ3v) is 2.73. The minimum atomic E-state index is -0.564. The van der Waals surface area contributed by atoms with Gasteiger partial charge >= 0.3 is 0 Å². The summed E-state index contributed by atoms with van der Waals surface area (Å²) in [5.74, 6) is 4.70. The summed E-state index contributed by atoms with van der Waals surface area (Å²) in [6, 6.07) is 11.1. The number of nitro benzene ring substituents is 1. The lowest BCUT2D eigenvalue weighted by Gasteiger charge is -2.01. The van der Waals surface area contributed by atoms with Crippen LogP contribution in [-0.2, 0) is 0 Å². The van der Waals surface area contributed by atoms with Crippen LogP contribution < -0.4 is 5.32 Å². The zero-order valence-electron chi connectivity index (χ0n) is 11.4. The number of nitrogens with one attached hydrogen (secondary N) is 1. The number of carbonyl (C=O) groups is 1. The largest absolute Gasteiger partial charge is 0.341 e. The van der Waals surface area contributed by atoms with Crippen LogP contribution in [0.25, 0.3) is 0 Å². The predicted octanol–water partition coefficient (Wildman–Crippen LogP) is 2.52. The van der Waals surface area contributed by atoms with E-state index in [1.165, 1.54) is 48.5 Å². The van der Waals surface area contributed by atoms with E-state index in [0.717, 1.165) is 0 Å². The molecule has 0 unspecified atom stereocenters. The maximum absolute atomic E-state index is 12.7.